The molecule has 0 saturated heterocycles. The average molecular weight is 554 g/mol. The van der Waals surface area contributed by atoms with Crippen LogP contribution in [0.15, 0.2) is 24.3 Å². The topological polar surface area (TPSA) is 0 Å². The highest BCUT2D eigenvalue weighted by Gasteiger charge is 2.31. The van der Waals surface area contributed by atoms with Gasteiger partial charge in [0, 0.05) is 12.4 Å². The fourth-order valence-electron chi connectivity index (χ4n) is 1.89. The molecule has 90 valence electrons. The quantitative estimate of drug-likeness (QED) is 0.336. The first-order valence-corrected chi connectivity index (χ1v) is 9.55. The molecule has 0 fully saturated rings. The van der Waals surface area contributed by atoms with E-state index in [0.717, 1.165) is 5.92 Å². The molecule has 1 aromatic carbocycles. The van der Waals surface area contributed by atoms with Crippen molar-refractivity contribution in [1.29, 1.82) is 0 Å². The Morgan fingerprint density at radius 1 is 1.31 bits per heavy atom. The van der Waals surface area contributed by atoms with Crippen LogP contribution in [-0.4, -0.2) is 8.86 Å². The van der Waals surface area contributed by atoms with Crippen LogP contribution in [0.3, 0.4) is 0 Å². The summed E-state index contributed by atoms with van der Waals surface area (Å²) < 4.78 is 3.78. The molecule has 0 nitrogen and oxygen atoms in total. The molecule has 1 rings (SSSR count). The van der Waals surface area contributed by atoms with E-state index in [1.165, 1.54) is 24.4 Å². The van der Waals surface area contributed by atoms with Crippen LogP contribution in [0.5, 0.6) is 0 Å². The molecule has 0 aromatic heterocycles. The molecule has 0 spiro atoms. The summed E-state index contributed by atoms with van der Waals surface area (Å²) in [7, 11) is 0. The smallest absolute Gasteiger partial charge is 0.0133 e. The third-order valence-electron chi connectivity index (χ3n) is 3.42. The lowest BCUT2D eigenvalue weighted by molar-refractivity contribution is 0.339. The predicted molar refractivity (Wildman–Crippen MR) is 98.1 cm³/mol. The molecule has 3 heteroatoms. The zero-order valence-electron chi connectivity index (χ0n) is 9.64. The first-order chi connectivity index (χ1) is 7.54. The van der Waals surface area contributed by atoms with E-state index in [4.69, 9.17) is 0 Å². The predicted octanol–water partition coefficient (Wildman–Crippen LogP) is 5.45. The van der Waals surface area contributed by atoms with Gasteiger partial charge >= 0.3 is 0 Å². The van der Waals surface area contributed by atoms with Crippen LogP contribution in [0.25, 0.3) is 0 Å². The van der Waals surface area contributed by atoms with Crippen molar-refractivity contribution in [3.05, 3.63) is 33.4 Å². The van der Waals surface area contributed by atoms with Gasteiger partial charge < -0.3 is 0 Å². The molecule has 0 aliphatic carbocycles. The molecule has 0 aliphatic rings. The number of halogens is 3. The third-order valence-corrected chi connectivity index (χ3v) is 5.95. The van der Waals surface area contributed by atoms with Crippen LogP contribution in [0.1, 0.15) is 25.8 Å². The Kier molecular flexibility index (Phi) is 6.87. The number of hydrogen-bond acceptors (Lipinski definition) is 0. The van der Waals surface area contributed by atoms with Crippen LogP contribution >= 0.6 is 67.8 Å². The number of hydrogen-bond donors (Lipinski definition) is 0. The van der Waals surface area contributed by atoms with Crippen LogP contribution in [0, 0.1) is 9.49 Å². The lowest BCUT2D eigenvalue weighted by Crippen LogP contribution is -2.32. The molecule has 2 unspecified atom stereocenters. The minimum atomic E-state index is 0.323. The molecule has 0 aliphatic heterocycles. The Morgan fingerprint density at radius 2 is 2.00 bits per heavy atom. The molecule has 0 N–H and O–H groups in total. The van der Waals surface area contributed by atoms with Gasteiger partial charge in [-0.1, -0.05) is 71.2 Å². The normalized spacial score (nSPS) is 16.8. The lowest BCUT2D eigenvalue weighted by Gasteiger charge is -2.35. The Bertz CT molecular complexity index is 338. The number of benzene rings is 1. The van der Waals surface area contributed by atoms with Gasteiger partial charge in [-0.05, 0) is 58.0 Å². The third kappa shape index (κ3) is 3.70. The molecule has 0 saturated carbocycles. The van der Waals surface area contributed by atoms with Crippen molar-refractivity contribution in [3.63, 3.8) is 0 Å². The van der Waals surface area contributed by atoms with Gasteiger partial charge in [0.05, 0.1) is 0 Å². The number of alkyl halides is 2. The van der Waals surface area contributed by atoms with E-state index in [0.29, 0.717) is 5.41 Å². The monoisotopic (exact) mass is 554 g/mol. The lowest BCUT2D eigenvalue weighted by atomic mass is 9.71. The van der Waals surface area contributed by atoms with E-state index < -0.39 is 0 Å². The SMILES string of the molecule is CC(CI)C(C)(CCI)c1cccc(I)c1. The highest BCUT2D eigenvalue weighted by molar-refractivity contribution is 14.1. The minimum Gasteiger partial charge on any atom is -0.0863 e. The summed E-state index contributed by atoms with van der Waals surface area (Å²) in [5.41, 5.74) is 1.82. The Labute approximate surface area is 140 Å². The van der Waals surface area contributed by atoms with Gasteiger partial charge in [0.15, 0.2) is 0 Å². The maximum absolute atomic E-state index is 2.51. The standard InChI is InChI=1S/C13H17I3/c1-10(9-15)13(2,6-7-14)11-4-3-5-12(16)8-11/h3-5,8,10H,6-7,9H2,1-2H3. The Balaban J connectivity index is 3.10. The molecular formula is C13H17I3. The van der Waals surface area contributed by atoms with Crippen molar-refractivity contribution in [2.24, 2.45) is 5.92 Å². The summed E-state index contributed by atoms with van der Waals surface area (Å²) in [6.45, 7) is 4.79. The van der Waals surface area contributed by atoms with Gasteiger partial charge in [-0.3, -0.25) is 0 Å². The maximum atomic E-state index is 2.51. The summed E-state index contributed by atoms with van der Waals surface area (Å²) in [4.78, 5) is 0. The Morgan fingerprint density at radius 3 is 2.50 bits per heavy atom. The van der Waals surface area contributed by atoms with Crippen LogP contribution in [0.4, 0.5) is 0 Å². The fourth-order valence-corrected chi connectivity index (χ4v) is 4.52. The molecule has 0 heterocycles. The van der Waals surface area contributed by atoms with Crippen molar-refractivity contribution in [2.75, 3.05) is 8.86 Å². The maximum Gasteiger partial charge on any atom is 0.0133 e. The van der Waals surface area contributed by atoms with Gasteiger partial charge in [-0.2, -0.15) is 0 Å². The van der Waals surface area contributed by atoms with Gasteiger partial charge in [0.1, 0.15) is 0 Å². The number of rotatable bonds is 5. The second-order valence-corrected chi connectivity index (χ2v) is 7.63. The highest BCUT2D eigenvalue weighted by Crippen LogP contribution is 2.37. The van der Waals surface area contributed by atoms with Crippen molar-refractivity contribution in [2.45, 2.75) is 25.7 Å². The van der Waals surface area contributed by atoms with E-state index in [1.54, 1.807) is 0 Å². The fraction of sp³-hybridized carbons (Fsp3) is 0.538. The van der Waals surface area contributed by atoms with E-state index in [9.17, 15) is 0 Å². The second kappa shape index (κ2) is 7.11. The van der Waals surface area contributed by atoms with Crippen molar-refractivity contribution >= 4 is 67.8 Å². The molecular weight excluding hydrogens is 537 g/mol. The molecule has 0 amide bonds. The van der Waals surface area contributed by atoms with Crippen molar-refractivity contribution in [1.82, 2.24) is 0 Å². The first-order valence-electron chi connectivity index (χ1n) is 5.42. The zero-order valence-corrected chi connectivity index (χ0v) is 16.1. The molecule has 0 radical (unpaired) electrons. The van der Waals surface area contributed by atoms with Gasteiger partial charge in [0.25, 0.3) is 0 Å². The van der Waals surface area contributed by atoms with Crippen molar-refractivity contribution < 1.29 is 0 Å². The van der Waals surface area contributed by atoms with Gasteiger partial charge in [0.2, 0.25) is 0 Å². The Hall–Kier alpha value is 1.41. The molecule has 16 heavy (non-hydrogen) atoms. The van der Waals surface area contributed by atoms with E-state index in [1.807, 2.05) is 0 Å². The summed E-state index contributed by atoms with van der Waals surface area (Å²) >= 11 is 7.41. The summed E-state index contributed by atoms with van der Waals surface area (Å²) in [6.07, 6.45) is 1.26. The summed E-state index contributed by atoms with van der Waals surface area (Å²) in [6, 6.07) is 8.98. The highest BCUT2D eigenvalue weighted by atomic mass is 127. The van der Waals surface area contributed by atoms with Crippen molar-refractivity contribution in [3.8, 4) is 0 Å². The van der Waals surface area contributed by atoms with Crippen LogP contribution in [0.2, 0.25) is 0 Å². The van der Waals surface area contributed by atoms with E-state index >= 15 is 0 Å². The zero-order chi connectivity index (χ0) is 12.2. The van der Waals surface area contributed by atoms with E-state index in [2.05, 4.69) is 106 Å². The molecule has 2 atom stereocenters. The van der Waals surface area contributed by atoms with E-state index in [-0.39, 0.29) is 0 Å². The minimum absolute atomic E-state index is 0.323. The largest absolute Gasteiger partial charge is 0.0863 e. The summed E-state index contributed by atoms with van der Waals surface area (Å²) in [5, 5.41) is 0. The molecule has 1 aromatic rings. The summed E-state index contributed by atoms with van der Waals surface area (Å²) in [5.74, 6) is 0.723. The van der Waals surface area contributed by atoms with Crippen LogP contribution < -0.4 is 0 Å². The van der Waals surface area contributed by atoms with Gasteiger partial charge in [-0.25, -0.2) is 0 Å². The average Bonchev–Trinajstić information content (AvgIpc) is 2.28. The first kappa shape index (κ1) is 15.5. The van der Waals surface area contributed by atoms with Crippen LogP contribution in [-0.2, 0) is 5.41 Å². The molecule has 0 bridgehead atoms. The second-order valence-electron chi connectivity index (χ2n) is 4.42. The van der Waals surface area contributed by atoms with Gasteiger partial charge in [-0.15, -0.1) is 0 Å².